The quantitative estimate of drug-likeness (QED) is 0.858. The molecule has 0 aliphatic heterocycles. The third kappa shape index (κ3) is 4.75. The molecule has 0 spiro atoms. The van der Waals surface area contributed by atoms with Crippen molar-refractivity contribution in [3.8, 4) is 0 Å². The predicted octanol–water partition coefficient (Wildman–Crippen LogP) is 2.69. The molecule has 1 aromatic heterocycles. The lowest BCUT2D eigenvalue weighted by atomic mass is 10.1. The number of ether oxygens (including phenoxy) is 1. The topological polar surface area (TPSA) is 68.2 Å². The number of benzene rings is 1. The maximum Gasteiger partial charge on any atom is 0.319 e. The van der Waals surface area contributed by atoms with Gasteiger partial charge in [-0.2, -0.15) is 5.10 Å². The molecule has 1 unspecified atom stereocenters. The van der Waals surface area contributed by atoms with Crippen molar-refractivity contribution in [2.45, 2.75) is 19.5 Å². The molecule has 6 nitrogen and oxygen atoms in total. The SMILES string of the molecule is COCCn1cc(NC(=O)NC(C)c2ccc(F)c(F)c2)cn1. The van der Waals surface area contributed by atoms with Crippen LogP contribution in [0.5, 0.6) is 0 Å². The molecular weight excluding hydrogens is 306 g/mol. The van der Waals surface area contributed by atoms with Gasteiger partial charge in [-0.05, 0) is 24.6 Å². The van der Waals surface area contributed by atoms with Crippen molar-refractivity contribution in [2.75, 3.05) is 19.0 Å². The van der Waals surface area contributed by atoms with Crippen molar-refractivity contribution in [3.05, 3.63) is 47.8 Å². The Kier molecular flexibility index (Phi) is 5.64. The van der Waals surface area contributed by atoms with Gasteiger partial charge in [0.15, 0.2) is 11.6 Å². The summed E-state index contributed by atoms with van der Waals surface area (Å²) in [4.78, 5) is 11.9. The highest BCUT2D eigenvalue weighted by Crippen LogP contribution is 2.16. The lowest BCUT2D eigenvalue weighted by Crippen LogP contribution is -2.31. The van der Waals surface area contributed by atoms with E-state index in [2.05, 4.69) is 15.7 Å². The molecule has 2 amide bonds. The number of carbonyl (C=O) groups is 1. The zero-order valence-corrected chi connectivity index (χ0v) is 12.8. The van der Waals surface area contributed by atoms with Crippen LogP contribution in [0.2, 0.25) is 0 Å². The van der Waals surface area contributed by atoms with E-state index in [1.165, 1.54) is 12.3 Å². The second-order valence-corrected chi connectivity index (χ2v) is 4.98. The Morgan fingerprint density at radius 3 is 2.87 bits per heavy atom. The Morgan fingerprint density at radius 2 is 2.17 bits per heavy atom. The molecule has 1 aromatic carbocycles. The number of halogens is 2. The smallest absolute Gasteiger partial charge is 0.319 e. The number of hydrogen-bond acceptors (Lipinski definition) is 3. The summed E-state index contributed by atoms with van der Waals surface area (Å²) in [5.74, 6) is -1.87. The predicted molar refractivity (Wildman–Crippen MR) is 81.0 cm³/mol. The maximum absolute atomic E-state index is 13.2. The highest BCUT2D eigenvalue weighted by molar-refractivity contribution is 5.89. The number of methoxy groups -OCH3 is 1. The van der Waals surface area contributed by atoms with Crippen LogP contribution in [-0.2, 0) is 11.3 Å². The molecular formula is C15H18F2N4O2. The van der Waals surface area contributed by atoms with Crippen LogP contribution in [0.25, 0.3) is 0 Å². The van der Waals surface area contributed by atoms with Crippen molar-refractivity contribution in [1.82, 2.24) is 15.1 Å². The summed E-state index contributed by atoms with van der Waals surface area (Å²) < 4.78 is 32.7. The second kappa shape index (κ2) is 7.68. The number of carbonyl (C=O) groups excluding carboxylic acids is 1. The summed E-state index contributed by atoms with van der Waals surface area (Å²) >= 11 is 0. The van der Waals surface area contributed by atoms with E-state index in [0.29, 0.717) is 24.4 Å². The first-order valence-electron chi connectivity index (χ1n) is 7.03. The van der Waals surface area contributed by atoms with Gasteiger partial charge in [0, 0.05) is 13.3 Å². The molecule has 8 heteroatoms. The summed E-state index contributed by atoms with van der Waals surface area (Å²) in [5, 5.41) is 9.33. The van der Waals surface area contributed by atoms with Crippen LogP contribution >= 0.6 is 0 Å². The molecule has 0 aliphatic rings. The van der Waals surface area contributed by atoms with Crippen LogP contribution in [0.15, 0.2) is 30.6 Å². The molecule has 0 bridgehead atoms. The normalized spacial score (nSPS) is 12.0. The number of rotatable bonds is 6. The van der Waals surface area contributed by atoms with Gasteiger partial charge < -0.3 is 15.4 Å². The van der Waals surface area contributed by atoms with E-state index < -0.39 is 23.7 Å². The van der Waals surface area contributed by atoms with Crippen LogP contribution in [-0.4, -0.2) is 29.5 Å². The van der Waals surface area contributed by atoms with Crippen LogP contribution in [0.1, 0.15) is 18.5 Å². The lowest BCUT2D eigenvalue weighted by molar-refractivity contribution is 0.183. The number of nitrogens with zero attached hydrogens (tertiary/aromatic N) is 2. The largest absolute Gasteiger partial charge is 0.383 e. The van der Waals surface area contributed by atoms with Crippen molar-refractivity contribution < 1.29 is 18.3 Å². The summed E-state index contributed by atoms with van der Waals surface area (Å²) in [6, 6.07) is 2.57. The fourth-order valence-electron chi connectivity index (χ4n) is 1.96. The monoisotopic (exact) mass is 324 g/mol. The minimum absolute atomic E-state index is 0.464. The minimum atomic E-state index is -0.948. The zero-order valence-electron chi connectivity index (χ0n) is 12.8. The molecule has 0 saturated heterocycles. The molecule has 23 heavy (non-hydrogen) atoms. The van der Waals surface area contributed by atoms with Gasteiger partial charge >= 0.3 is 6.03 Å². The zero-order chi connectivity index (χ0) is 16.8. The molecule has 124 valence electrons. The molecule has 0 radical (unpaired) electrons. The molecule has 2 N–H and O–H groups in total. The number of hydrogen-bond donors (Lipinski definition) is 2. The van der Waals surface area contributed by atoms with Gasteiger partial charge in [0.2, 0.25) is 0 Å². The van der Waals surface area contributed by atoms with Crippen molar-refractivity contribution in [2.24, 2.45) is 0 Å². The van der Waals surface area contributed by atoms with Crippen LogP contribution in [0.3, 0.4) is 0 Å². The van der Waals surface area contributed by atoms with Gasteiger partial charge in [0.05, 0.1) is 31.1 Å². The average molecular weight is 324 g/mol. The maximum atomic E-state index is 13.2. The summed E-state index contributed by atoms with van der Waals surface area (Å²) in [5.41, 5.74) is 0.992. The number of amides is 2. The van der Waals surface area contributed by atoms with Crippen molar-refractivity contribution in [3.63, 3.8) is 0 Å². The number of nitrogens with one attached hydrogen (secondary N) is 2. The van der Waals surface area contributed by atoms with Crippen LogP contribution in [0.4, 0.5) is 19.3 Å². The molecule has 0 saturated carbocycles. The number of aromatic nitrogens is 2. The van der Waals surface area contributed by atoms with E-state index in [1.54, 1.807) is 24.9 Å². The van der Waals surface area contributed by atoms with E-state index in [9.17, 15) is 13.6 Å². The first-order chi connectivity index (χ1) is 11.0. The summed E-state index contributed by atoms with van der Waals surface area (Å²) in [6.07, 6.45) is 3.18. The average Bonchev–Trinajstić information content (AvgIpc) is 2.95. The number of urea groups is 1. The van der Waals surface area contributed by atoms with Crippen LogP contribution in [0, 0.1) is 11.6 Å². The highest BCUT2D eigenvalue weighted by atomic mass is 19.2. The third-order valence-electron chi connectivity index (χ3n) is 3.21. The van der Waals surface area contributed by atoms with Crippen LogP contribution < -0.4 is 10.6 Å². The van der Waals surface area contributed by atoms with Gasteiger partial charge in [-0.15, -0.1) is 0 Å². The van der Waals surface area contributed by atoms with Crippen molar-refractivity contribution in [1.29, 1.82) is 0 Å². The summed E-state index contributed by atoms with van der Waals surface area (Å²) in [6.45, 7) is 2.76. The first kappa shape index (κ1) is 16.9. The third-order valence-corrected chi connectivity index (χ3v) is 3.21. The Labute approximate surface area is 132 Å². The first-order valence-corrected chi connectivity index (χ1v) is 7.03. The molecule has 1 atom stereocenters. The van der Waals surface area contributed by atoms with Crippen molar-refractivity contribution >= 4 is 11.7 Å². The molecule has 2 rings (SSSR count). The molecule has 2 aromatic rings. The molecule has 1 heterocycles. The van der Waals surface area contributed by atoms with Gasteiger partial charge in [-0.1, -0.05) is 6.07 Å². The fourth-order valence-corrected chi connectivity index (χ4v) is 1.96. The highest BCUT2D eigenvalue weighted by Gasteiger charge is 2.12. The number of anilines is 1. The fraction of sp³-hybridized carbons (Fsp3) is 0.333. The molecule has 0 fully saturated rings. The second-order valence-electron chi connectivity index (χ2n) is 4.98. The Bertz CT molecular complexity index is 675. The van der Waals surface area contributed by atoms with Gasteiger partial charge in [-0.3, -0.25) is 4.68 Å². The Hall–Kier alpha value is -2.48. The molecule has 0 aliphatic carbocycles. The Balaban J connectivity index is 1.90. The Morgan fingerprint density at radius 1 is 1.39 bits per heavy atom. The van der Waals surface area contributed by atoms with Gasteiger partial charge in [0.1, 0.15) is 0 Å². The van der Waals surface area contributed by atoms with E-state index in [4.69, 9.17) is 4.74 Å². The lowest BCUT2D eigenvalue weighted by Gasteiger charge is -2.14. The van der Waals surface area contributed by atoms with Gasteiger partial charge in [-0.25, -0.2) is 13.6 Å². The van der Waals surface area contributed by atoms with E-state index >= 15 is 0 Å². The standard InChI is InChI=1S/C15H18F2N4O2/c1-10(11-3-4-13(16)14(17)7-11)19-15(22)20-12-8-18-21(9-12)5-6-23-2/h3-4,7-10H,5-6H2,1-2H3,(H2,19,20,22). The van der Waals surface area contributed by atoms with E-state index in [0.717, 1.165) is 12.1 Å². The van der Waals surface area contributed by atoms with Gasteiger partial charge in [0.25, 0.3) is 0 Å². The minimum Gasteiger partial charge on any atom is -0.383 e. The summed E-state index contributed by atoms with van der Waals surface area (Å²) in [7, 11) is 1.59. The van der Waals surface area contributed by atoms with E-state index in [-0.39, 0.29) is 0 Å². The van der Waals surface area contributed by atoms with E-state index in [1.807, 2.05) is 0 Å².